The minimum Gasteiger partial charge on any atom is -0.507 e. The number of para-hydroxylation sites is 1. The zero-order valence-electron chi connectivity index (χ0n) is 21.6. The summed E-state index contributed by atoms with van der Waals surface area (Å²) in [6.45, 7) is 0.0886. The highest BCUT2D eigenvalue weighted by molar-refractivity contribution is 6.00. The summed E-state index contributed by atoms with van der Waals surface area (Å²) >= 11 is 0. The number of amides is 4. The van der Waals surface area contributed by atoms with E-state index < -0.39 is 54.6 Å². The standard InChI is InChI=1S/C26H33N7O7/c27-23(38)19(13-22(36)37)32-21(35)15-30-25(40)18(33-24(39)17-9-4-5-11-20(17)34)10-6-12-29-26(28)31-14-16-7-2-1-3-8-16/h1-5,7-9,11,18-19,34H,6,10,12-15H2,(H2,27,38)(H,30,40)(H,32,35)(H,33,39)(H,36,37)(H3,28,29,31)/t18-,19-/m0/s1. The minimum absolute atomic E-state index is 0.0496. The van der Waals surface area contributed by atoms with E-state index in [9.17, 15) is 29.1 Å². The molecule has 0 heterocycles. The molecule has 0 aliphatic heterocycles. The van der Waals surface area contributed by atoms with E-state index >= 15 is 0 Å². The van der Waals surface area contributed by atoms with Gasteiger partial charge in [-0.1, -0.05) is 42.5 Å². The van der Waals surface area contributed by atoms with Gasteiger partial charge in [0, 0.05) is 6.54 Å². The third-order valence-corrected chi connectivity index (χ3v) is 5.50. The number of primary amides is 1. The van der Waals surface area contributed by atoms with Crippen LogP contribution in [0.3, 0.4) is 0 Å². The lowest BCUT2D eigenvalue weighted by atomic mass is 10.1. The number of hydrogen-bond donors (Lipinski definition) is 8. The summed E-state index contributed by atoms with van der Waals surface area (Å²) in [6, 6.07) is 12.7. The van der Waals surface area contributed by atoms with Crippen LogP contribution in [-0.4, -0.2) is 70.9 Å². The second-order valence-corrected chi connectivity index (χ2v) is 8.64. The molecule has 2 aromatic carbocycles. The number of hydrogen-bond acceptors (Lipinski definition) is 7. The van der Waals surface area contributed by atoms with Gasteiger partial charge in [0.15, 0.2) is 5.96 Å². The zero-order chi connectivity index (χ0) is 29.5. The Bertz CT molecular complexity index is 1220. The average Bonchev–Trinajstić information content (AvgIpc) is 2.92. The first-order valence-electron chi connectivity index (χ1n) is 12.3. The largest absolute Gasteiger partial charge is 0.507 e. The Morgan fingerprint density at radius 3 is 2.20 bits per heavy atom. The van der Waals surface area contributed by atoms with Crippen molar-refractivity contribution in [2.75, 3.05) is 13.1 Å². The van der Waals surface area contributed by atoms with Gasteiger partial charge in [-0.15, -0.1) is 0 Å². The molecule has 0 aliphatic rings. The van der Waals surface area contributed by atoms with Gasteiger partial charge in [0.1, 0.15) is 17.8 Å². The first kappa shape index (κ1) is 31.1. The molecule has 14 heteroatoms. The highest BCUT2D eigenvalue weighted by Gasteiger charge is 2.25. The fourth-order valence-corrected chi connectivity index (χ4v) is 3.44. The Labute approximate surface area is 230 Å². The van der Waals surface area contributed by atoms with Crippen molar-refractivity contribution in [3.63, 3.8) is 0 Å². The van der Waals surface area contributed by atoms with Gasteiger partial charge in [-0.25, -0.2) is 4.99 Å². The van der Waals surface area contributed by atoms with Crippen LogP contribution in [0.2, 0.25) is 0 Å². The normalized spacial score (nSPS) is 12.4. The third kappa shape index (κ3) is 11.1. The fourth-order valence-electron chi connectivity index (χ4n) is 3.44. The number of carboxylic acids is 1. The molecule has 0 aromatic heterocycles. The number of rotatable bonds is 15. The van der Waals surface area contributed by atoms with Gasteiger partial charge in [-0.2, -0.15) is 0 Å². The van der Waals surface area contributed by atoms with Crippen LogP contribution >= 0.6 is 0 Å². The Balaban J connectivity index is 1.97. The van der Waals surface area contributed by atoms with Gasteiger partial charge in [0.2, 0.25) is 17.7 Å². The average molecular weight is 556 g/mol. The predicted molar refractivity (Wildman–Crippen MR) is 145 cm³/mol. The highest BCUT2D eigenvalue weighted by atomic mass is 16.4. The number of aliphatic imine (C=N–C) groups is 1. The molecule has 40 heavy (non-hydrogen) atoms. The smallest absolute Gasteiger partial charge is 0.305 e. The van der Waals surface area contributed by atoms with Crippen LogP contribution in [0, 0.1) is 0 Å². The molecular weight excluding hydrogens is 522 g/mol. The number of phenols is 1. The van der Waals surface area contributed by atoms with E-state index in [4.69, 9.17) is 16.6 Å². The Hall–Kier alpha value is -5.14. The second kappa shape index (κ2) is 16.0. The molecule has 10 N–H and O–H groups in total. The van der Waals surface area contributed by atoms with E-state index in [0.29, 0.717) is 19.5 Å². The van der Waals surface area contributed by atoms with E-state index in [0.717, 1.165) is 5.56 Å². The van der Waals surface area contributed by atoms with Gasteiger partial charge in [-0.05, 0) is 30.5 Å². The summed E-state index contributed by atoms with van der Waals surface area (Å²) in [5.74, 6) is -4.77. The van der Waals surface area contributed by atoms with Crippen molar-refractivity contribution in [2.45, 2.75) is 37.9 Å². The number of nitrogens with one attached hydrogen (secondary N) is 4. The van der Waals surface area contributed by atoms with E-state index in [2.05, 4.69) is 26.3 Å². The van der Waals surface area contributed by atoms with E-state index in [1.165, 1.54) is 18.2 Å². The van der Waals surface area contributed by atoms with Crippen molar-refractivity contribution in [2.24, 2.45) is 16.5 Å². The quantitative estimate of drug-likeness (QED) is 0.0757. The van der Waals surface area contributed by atoms with Crippen molar-refractivity contribution in [1.29, 1.82) is 0 Å². The number of carbonyl (C=O) groups is 5. The van der Waals surface area contributed by atoms with Gasteiger partial charge in [-0.3, -0.25) is 24.0 Å². The zero-order valence-corrected chi connectivity index (χ0v) is 21.6. The molecule has 0 bridgehead atoms. The van der Waals surface area contributed by atoms with Crippen LogP contribution in [0.4, 0.5) is 0 Å². The molecule has 2 atom stereocenters. The Morgan fingerprint density at radius 2 is 1.55 bits per heavy atom. The number of aromatic hydroxyl groups is 1. The first-order valence-corrected chi connectivity index (χ1v) is 12.3. The number of nitrogens with two attached hydrogens (primary N) is 2. The van der Waals surface area contributed by atoms with Gasteiger partial charge in [0.25, 0.3) is 5.91 Å². The molecule has 0 saturated carbocycles. The molecule has 0 saturated heterocycles. The second-order valence-electron chi connectivity index (χ2n) is 8.64. The topological polar surface area (TPSA) is 238 Å². The molecule has 0 spiro atoms. The number of carbonyl (C=O) groups excluding carboxylic acids is 4. The van der Waals surface area contributed by atoms with Crippen molar-refractivity contribution < 1.29 is 34.2 Å². The molecule has 2 aromatic rings. The van der Waals surface area contributed by atoms with Crippen molar-refractivity contribution >= 4 is 35.6 Å². The van der Waals surface area contributed by atoms with Crippen LogP contribution < -0.4 is 32.7 Å². The summed E-state index contributed by atoms with van der Waals surface area (Å²) < 4.78 is 0. The summed E-state index contributed by atoms with van der Waals surface area (Å²) in [7, 11) is 0. The molecule has 2 rings (SSSR count). The molecule has 0 unspecified atom stereocenters. The Kier molecular flexibility index (Phi) is 12.4. The van der Waals surface area contributed by atoms with Crippen LogP contribution in [-0.2, 0) is 25.7 Å². The number of carboxylic acid groups (broad SMARTS) is 1. The maximum absolute atomic E-state index is 12.9. The van der Waals surface area contributed by atoms with Gasteiger partial charge < -0.3 is 42.9 Å². The van der Waals surface area contributed by atoms with Crippen LogP contribution in [0.15, 0.2) is 59.6 Å². The number of nitrogens with zero attached hydrogens (tertiary/aromatic N) is 1. The van der Waals surface area contributed by atoms with Crippen LogP contribution in [0.5, 0.6) is 5.75 Å². The summed E-state index contributed by atoms with van der Waals surface area (Å²) in [6.07, 6.45) is -0.247. The maximum Gasteiger partial charge on any atom is 0.305 e. The summed E-state index contributed by atoms with van der Waals surface area (Å²) in [5, 5.41) is 28.8. The predicted octanol–water partition coefficient (Wildman–Crippen LogP) is -1.06. The van der Waals surface area contributed by atoms with Gasteiger partial charge >= 0.3 is 5.97 Å². The molecular formula is C26H33N7O7. The summed E-state index contributed by atoms with van der Waals surface area (Å²) in [4.78, 5) is 64.2. The van der Waals surface area contributed by atoms with E-state index in [-0.39, 0.29) is 23.7 Å². The van der Waals surface area contributed by atoms with Crippen LogP contribution in [0.1, 0.15) is 35.2 Å². The number of benzene rings is 2. The number of guanidine groups is 1. The molecule has 214 valence electrons. The SMILES string of the molecule is NC(=O)[C@H](CC(=O)O)NC(=O)CNC(=O)[C@H](CCCNC(N)=NCc1ccccc1)NC(=O)c1ccccc1O. The van der Waals surface area contributed by atoms with Crippen molar-refractivity contribution in [3.8, 4) is 5.75 Å². The lowest BCUT2D eigenvalue weighted by Gasteiger charge is -2.19. The molecule has 0 aliphatic carbocycles. The monoisotopic (exact) mass is 555 g/mol. The third-order valence-electron chi connectivity index (χ3n) is 5.50. The molecule has 0 fully saturated rings. The molecule has 4 amide bonds. The molecule has 14 nitrogen and oxygen atoms in total. The fraction of sp³-hybridized carbons (Fsp3) is 0.308. The highest BCUT2D eigenvalue weighted by Crippen LogP contribution is 2.15. The maximum atomic E-state index is 12.9. The number of aliphatic carboxylic acids is 1. The summed E-state index contributed by atoms with van der Waals surface area (Å²) in [5.41, 5.74) is 11.9. The van der Waals surface area contributed by atoms with Crippen LogP contribution in [0.25, 0.3) is 0 Å². The van der Waals surface area contributed by atoms with Crippen molar-refractivity contribution in [3.05, 3.63) is 65.7 Å². The Morgan fingerprint density at radius 1 is 0.875 bits per heavy atom. The van der Waals surface area contributed by atoms with Crippen molar-refractivity contribution in [1.82, 2.24) is 21.3 Å². The lowest BCUT2D eigenvalue weighted by Crippen LogP contribution is -2.52. The molecule has 0 radical (unpaired) electrons. The van der Waals surface area contributed by atoms with E-state index in [1.807, 2.05) is 30.3 Å². The lowest BCUT2D eigenvalue weighted by molar-refractivity contribution is -0.140. The van der Waals surface area contributed by atoms with Gasteiger partial charge in [0.05, 0.1) is 25.1 Å². The minimum atomic E-state index is -1.46. The number of phenolic OH excluding ortho intramolecular Hbond substituents is 1. The van der Waals surface area contributed by atoms with E-state index in [1.54, 1.807) is 6.07 Å². The first-order chi connectivity index (χ1) is 19.1.